The van der Waals surface area contributed by atoms with Crippen LogP contribution in [0.25, 0.3) is 0 Å². The standard InChI is InChI=1S/C23H21ClN2O3S/c1-16-7-10-18(24)15-21(16)25-23(30)26-22(27)17-8-11-20(12-9-17)29-14-13-28-19-5-3-2-4-6-19/h2-12,15H,13-14H2,1H3,(H2,25,26,27,30). The molecule has 0 heterocycles. The molecule has 0 aliphatic rings. The van der Waals surface area contributed by atoms with Crippen LogP contribution >= 0.6 is 23.8 Å². The summed E-state index contributed by atoms with van der Waals surface area (Å²) in [5, 5.41) is 6.43. The Kier molecular flexibility index (Phi) is 7.65. The van der Waals surface area contributed by atoms with Crippen LogP contribution in [0.4, 0.5) is 5.69 Å². The SMILES string of the molecule is Cc1ccc(Cl)cc1NC(=S)NC(=O)c1ccc(OCCOc2ccccc2)cc1. The first-order valence-electron chi connectivity index (χ1n) is 9.30. The second-order valence-corrected chi connectivity index (χ2v) is 7.25. The van der Waals surface area contributed by atoms with Gasteiger partial charge < -0.3 is 14.8 Å². The molecule has 154 valence electrons. The van der Waals surface area contributed by atoms with Crippen LogP contribution in [-0.4, -0.2) is 24.2 Å². The average Bonchev–Trinajstić information content (AvgIpc) is 2.75. The van der Waals surface area contributed by atoms with E-state index in [2.05, 4.69) is 10.6 Å². The van der Waals surface area contributed by atoms with E-state index in [4.69, 9.17) is 33.3 Å². The fourth-order valence-electron chi connectivity index (χ4n) is 2.60. The summed E-state index contributed by atoms with van der Waals surface area (Å²) in [6, 6.07) is 21.8. The lowest BCUT2D eigenvalue weighted by Gasteiger charge is -2.12. The van der Waals surface area contributed by atoms with E-state index in [1.807, 2.05) is 43.3 Å². The summed E-state index contributed by atoms with van der Waals surface area (Å²) >= 11 is 11.2. The number of rotatable bonds is 7. The smallest absolute Gasteiger partial charge is 0.257 e. The molecule has 0 atom stereocenters. The number of hydrogen-bond donors (Lipinski definition) is 2. The zero-order chi connectivity index (χ0) is 21.3. The second-order valence-electron chi connectivity index (χ2n) is 6.40. The van der Waals surface area contributed by atoms with E-state index in [-0.39, 0.29) is 11.0 Å². The summed E-state index contributed by atoms with van der Waals surface area (Å²) in [4.78, 5) is 12.4. The Balaban J connectivity index is 1.46. The number of benzene rings is 3. The van der Waals surface area contributed by atoms with E-state index in [1.165, 1.54) is 0 Å². The Labute approximate surface area is 186 Å². The fraction of sp³-hybridized carbons (Fsp3) is 0.130. The summed E-state index contributed by atoms with van der Waals surface area (Å²) in [5.74, 6) is 1.13. The largest absolute Gasteiger partial charge is 0.490 e. The molecular weight excluding hydrogens is 420 g/mol. The number of carbonyl (C=O) groups excluding carboxylic acids is 1. The molecule has 7 heteroatoms. The van der Waals surface area contributed by atoms with E-state index >= 15 is 0 Å². The zero-order valence-corrected chi connectivity index (χ0v) is 17.9. The van der Waals surface area contributed by atoms with Crippen LogP contribution in [0.1, 0.15) is 15.9 Å². The molecule has 0 bridgehead atoms. The number of nitrogens with one attached hydrogen (secondary N) is 2. The lowest BCUT2D eigenvalue weighted by molar-refractivity contribution is 0.0977. The molecular formula is C23H21ClN2O3S. The molecule has 0 radical (unpaired) electrons. The predicted octanol–water partition coefficient (Wildman–Crippen LogP) is 5.23. The molecule has 3 aromatic carbocycles. The minimum atomic E-state index is -0.314. The van der Waals surface area contributed by atoms with Crippen molar-refractivity contribution in [2.24, 2.45) is 0 Å². The molecule has 0 aliphatic heterocycles. The maximum absolute atomic E-state index is 12.4. The monoisotopic (exact) mass is 440 g/mol. The minimum absolute atomic E-state index is 0.198. The lowest BCUT2D eigenvalue weighted by Crippen LogP contribution is -2.34. The Morgan fingerprint density at radius 3 is 2.23 bits per heavy atom. The van der Waals surface area contributed by atoms with Crippen LogP contribution in [0.15, 0.2) is 72.8 Å². The van der Waals surface area contributed by atoms with Crippen LogP contribution in [0, 0.1) is 6.92 Å². The summed E-state index contributed by atoms with van der Waals surface area (Å²) in [6.07, 6.45) is 0. The van der Waals surface area contributed by atoms with E-state index in [1.54, 1.807) is 36.4 Å². The van der Waals surface area contributed by atoms with Crippen LogP contribution in [0.3, 0.4) is 0 Å². The highest BCUT2D eigenvalue weighted by Crippen LogP contribution is 2.20. The van der Waals surface area contributed by atoms with Crippen LogP contribution in [0.2, 0.25) is 5.02 Å². The molecule has 2 N–H and O–H groups in total. The Hall–Kier alpha value is -3.09. The van der Waals surface area contributed by atoms with Gasteiger partial charge >= 0.3 is 0 Å². The third kappa shape index (κ3) is 6.47. The van der Waals surface area contributed by atoms with Gasteiger partial charge in [-0.1, -0.05) is 35.9 Å². The zero-order valence-electron chi connectivity index (χ0n) is 16.4. The van der Waals surface area contributed by atoms with Gasteiger partial charge in [0, 0.05) is 16.3 Å². The topological polar surface area (TPSA) is 59.6 Å². The van der Waals surface area contributed by atoms with Crippen molar-refractivity contribution in [1.29, 1.82) is 0 Å². The van der Waals surface area contributed by atoms with Crippen molar-refractivity contribution in [2.75, 3.05) is 18.5 Å². The number of ether oxygens (including phenoxy) is 2. The molecule has 0 aliphatic carbocycles. The molecule has 5 nitrogen and oxygen atoms in total. The molecule has 0 saturated heterocycles. The van der Waals surface area contributed by atoms with Crippen molar-refractivity contribution < 1.29 is 14.3 Å². The lowest BCUT2D eigenvalue weighted by atomic mass is 10.2. The normalized spacial score (nSPS) is 10.2. The quantitative estimate of drug-likeness (QED) is 0.389. The highest BCUT2D eigenvalue weighted by molar-refractivity contribution is 7.80. The maximum Gasteiger partial charge on any atom is 0.257 e. The predicted molar refractivity (Wildman–Crippen MR) is 124 cm³/mol. The summed E-state index contributed by atoms with van der Waals surface area (Å²) in [5.41, 5.74) is 2.18. The first kappa shape index (κ1) is 21.6. The van der Waals surface area contributed by atoms with E-state index < -0.39 is 0 Å². The van der Waals surface area contributed by atoms with Crippen LogP contribution in [0.5, 0.6) is 11.5 Å². The number of para-hydroxylation sites is 1. The Morgan fingerprint density at radius 2 is 1.57 bits per heavy atom. The number of anilines is 1. The third-order valence-electron chi connectivity index (χ3n) is 4.16. The van der Waals surface area contributed by atoms with Gasteiger partial charge in [-0.3, -0.25) is 10.1 Å². The van der Waals surface area contributed by atoms with Gasteiger partial charge in [-0.2, -0.15) is 0 Å². The first-order chi connectivity index (χ1) is 14.5. The molecule has 1 amide bonds. The van der Waals surface area contributed by atoms with Crippen molar-refractivity contribution in [2.45, 2.75) is 6.92 Å². The highest BCUT2D eigenvalue weighted by atomic mass is 35.5. The van der Waals surface area contributed by atoms with Crippen LogP contribution < -0.4 is 20.1 Å². The molecule has 0 aromatic heterocycles. The minimum Gasteiger partial charge on any atom is -0.490 e. The van der Waals surface area contributed by atoms with Crippen LogP contribution in [-0.2, 0) is 0 Å². The van der Waals surface area contributed by atoms with Gasteiger partial charge in [-0.15, -0.1) is 0 Å². The maximum atomic E-state index is 12.4. The van der Waals surface area contributed by atoms with Crippen molar-refractivity contribution in [3.63, 3.8) is 0 Å². The van der Waals surface area contributed by atoms with Crippen molar-refractivity contribution in [3.8, 4) is 11.5 Å². The van der Waals surface area contributed by atoms with Crippen molar-refractivity contribution >= 4 is 40.5 Å². The summed E-state index contributed by atoms with van der Waals surface area (Å²) < 4.78 is 11.2. The number of amides is 1. The summed E-state index contributed by atoms with van der Waals surface area (Å²) in [7, 11) is 0. The molecule has 0 fully saturated rings. The van der Waals surface area contributed by atoms with E-state index in [9.17, 15) is 4.79 Å². The van der Waals surface area contributed by atoms with E-state index in [0.717, 1.165) is 17.0 Å². The third-order valence-corrected chi connectivity index (χ3v) is 4.59. The van der Waals surface area contributed by atoms with E-state index in [0.29, 0.717) is 29.5 Å². The number of hydrogen-bond acceptors (Lipinski definition) is 4. The van der Waals surface area contributed by atoms with Gasteiger partial charge in [0.1, 0.15) is 24.7 Å². The first-order valence-corrected chi connectivity index (χ1v) is 10.1. The molecule has 0 unspecified atom stereocenters. The van der Waals surface area contributed by atoms with Gasteiger partial charge in [0.05, 0.1) is 0 Å². The number of thiocarbonyl (C=S) groups is 1. The van der Waals surface area contributed by atoms with Crippen molar-refractivity contribution in [3.05, 3.63) is 88.9 Å². The molecule has 0 saturated carbocycles. The second kappa shape index (κ2) is 10.6. The van der Waals surface area contributed by atoms with Gasteiger partial charge in [0.15, 0.2) is 5.11 Å². The van der Waals surface area contributed by atoms with Gasteiger partial charge in [-0.05, 0) is 73.2 Å². The van der Waals surface area contributed by atoms with Gasteiger partial charge in [-0.25, -0.2) is 0 Å². The Morgan fingerprint density at radius 1 is 0.933 bits per heavy atom. The average molecular weight is 441 g/mol. The number of carbonyl (C=O) groups is 1. The molecule has 3 aromatic rings. The summed E-state index contributed by atoms with van der Waals surface area (Å²) in [6.45, 7) is 2.75. The fourth-order valence-corrected chi connectivity index (χ4v) is 2.97. The number of aryl methyl sites for hydroxylation is 1. The highest BCUT2D eigenvalue weighted by Gasteiger charge is 2.09. The number of halogens is 1. The van der Waals surface area contributed by atoms with Gasteiger partial charge in [0.25, 0.3) is 5.91 Å². The van der Waals surface area contributed by atoms with Gasteiger partial charge in [0.2, 0.25) is 0 Å². The Bertz CT molecular complexity index is 1010. The molecule has 0 spiro atoms. The molecule has 3 rings (SSSR count). The molecule has 30 heavy (non-hydrogen) atoms. The van der Waals surface area contributed by atoms with Crippen molar-refractivity contribution in [1.82, 2.24) is 5.32 Å².